The van der Waals surface area contributed by atoms with E-state index in [0.717, 1.165) is 25.5 Å². The van der Waals surface area contributed by atoms with Gasteiger partial charge in [0.2, 0.25) is 0 Å². The highest BCUT2D eigenvalue weighted by Crippen LogP contribution is 2.32. The number of nitrogens with one attached hydrogen (secondary N) is 1. The lowest BCUT2D eigenvalue weighted by molar-refractivity contribution is -0.138. The second kappa shape index (κ2) is 6.39. The SMILES string of the molecule is O=C1NCCN1C1CCN(Cc2ccccc2C(F)(F)F)CC1. The number of carbonyl (C=O) groups is 1. The minimum absolute atomic E-state index is 0.0223. The molecule has 0 bridgehead atoms. The summed E-state index contributed by atoms with van der Waals surface area (Å²) in [6.07, 6.45) is -2.70. The Morgan fingerprint density at radius 1 is 1.13 bits per heavy atom. The van der Waals surface area contributed by atoms with Crippen molar-refractivity contribution in [3.8, 4) is 0 Å². The van der Waals surface area contributed by atoms with E-state index in [-0.39, 0.29) is 12.1 Å². The zero-order valence-electron chi connectivity index (χ0n) is 12.8. The van der Waals surface area contributed by atoms with Gasteiger partial charge >= 0.3 is 12.2 Å². The normalized spacial score (nSPS) is 20.8. The molecule has 2 amide bonds. The third kappa shape index (κ3) is 3.60. The van der Waals surface area contributed by atoms with E-state index < -0.39 is 11.7 Å². The Labute approximate surface area is 133 Å². The number of hydrogen-bond donors (Lipinski definition) is 1. The summed E-state index contributed by atoms with van der Waals surface area (Å²) in [4.78, 5) is 15.6. The predicted molar refractivity (Wildman–Crippen MR) is 79.8 cm³/mol. The van der Waals surface area contributed by atoms with Crippen molar-refractivity contribution in [3.63, 3.8) is 0 Å². The van der Waals surface area contributed by atoms with Crippen LogP contribution in [0.5, 0.6) is 0 Å². The molecule has 4 nitrogen and oxygen atoms in total. The van der Waals surface area contributed by atoms with E-state index in [2.05, 4.69) is 5.32 Å². The molecule has 0 aliphatic carbocycles. The lowest BCUT2D eigenvalue weighted by Gasteiger charge is -2.36. The quantitative estimate of drug-likeness (QED) is 0.926. The monoisotopic (exact) mass is 327 g/mol. The molecule has 3 rings (SSSR count). The first kappa shape index (κ1) is 16.1. The summed E-state index contributed by atoms with van der Waals surface area (Å²) in [6, 6.07) is 5.92. The molecule has 0 atom stereocenters. The van der Waals surface area contributed by atoms with Crippen molar-refractivity contribution >= 4 is 6.03 Å². The Morgan fingerprint density at radius 3 is 2.43 bits per heavy atom. The van der Waals surface area contributed by atoms with Crippen LogP contribution < -0.4 is 5.32 Å². The van der Waals surface area contributed by atoms with Crippen LogP contribution in [0.3, 0.4) is 0 Å². The van der Waals surface area contributed by atoms with Crippen molar-refractivity contribution in [2.45, 2.75) is 31.6 Å². The zero-order chi connectivity index (χ0) is 16.4. The fraction of sp³-hybridized carbons (Fsp3) is 0.562. The molecule has 126 valence electrons. The molecule has 0 saturated carbocycles. The van der Waals surface area contributed by atoms with Gasteiger partial charge in [-0.15, -0.1) is 0 Å². The molecule has 1 aromatic carbocycles. The van der Waals surface area contributed by atoms with Crippen molar-refractivity contribution in [1.82, 2.24) is 15.1 Å². The Bertz CT molecular complexity index is 568. The molecular formula is C16H20F3N3O. The molecule has 2 fully saturated rings. The summed E-state index contributed by atoms with van der Waals surface area (Å²) in [6.45, 7) is 3.12. The van der Waals surface area contributed by atoms with E-state index in [1.54, 1.807) is 12.1 Å². The lowest BCUT2D eigenvalue weighted by atomic mass is 10.0. The van der Waals surface area contributed by atoms with Crippen LogP contribution >= 0.6 is 0 Å². The summed E-state index contributed by atoms with van der Waals surface area (Å²) in [5.41, 5.74) is -0.238. The lowest BCUT2D eigenvalue weighted by Crippen LogP contribution is -2.46. The molecule has 7 heteroatoms. The zero-order valence-corrected chi connectivity index (χ0v) is 12.8. The van der Waals surface area contributed by atoms with Crippen LogP contribution in [0.4, 0.5) is 18.0 Å². The number of halogens is 3. The summed E-state index contributed by atoms with van der Waals surface area (Å²) in [7, 11) is 0. The maximum atomic E-state index is 13.0. The first-order chi connectivity index (χ1) is 10.9. The van der Waals surface area contributed by atoms with Crippen LogP contribution in [0.25, 0.3) is 0 Å². The second-order valence-corrected chi connectivity index (χ2v) is 6.09. The highest BCUT2D eigenvalue weighted by Gasteiger charge is 2.34. The topological polar surface area (TPSA) is 35.6 Å². The number of rotatable bonds is 3. The summed E-state index contributed by atoms with van der Waals surface area (Å²) < 4.78 is 39.1. The smallest absolute Gasteiger partial charge is 0.336 e. The van der Waals surface area contributed by atoms with Crippen molar-refractivity contribution < 1.29 is 18.0 Å². The fourth-order valence-corrected chi connectivity index (χ4v) is 3.40. The highest BCUT2D eigenvalue weighted by molar-refractivity contribution is 5.76. The molecule has 1 N–H and O–H groups in total. The minimum atomic E-state index is -4.32. The van der Waals surface area contributed by atoms with E-state index in [1.165, 1.54) is 6.07 Å². The molecule has 1 aromatic rings. The van der Waals surface area contributed by atoms with Crippen molar-refractivity contribution in [1.29, 1.82) is 0 Å². The Kier molecular flexibility index (Phi) is 4.48. The number of nitrogens with zero attached hydrogens (tertiary/aromatic N) is 2. The van der Waals surface area contributed by atoms with E-state index in [1.807, 2.05) is 9.80 Å². The Morgan fingerprint density at radius 2 is 1.83 bits per heavy atom. The van der Waals surface area contributed by atoms with Crippen LogP contribution in [0.15, 0.2) is 24.3 Å². The van der Waals surface area contributed by atoms with Gasteiger partial charge in [-0.3, -0.25) is 4.90 Å². The number of urea groups is 1. The molecule has 0 radical (unpaired) electrons. The second-order valence-electron chi connectivity index (χ2n) is 6.09. The molecule has 0 spiro atoms. The highest BCUT2D eigenvalue weighted by atomic mass is 19.4. The van der Waals surface area contributed by atoms with Gasteiger partial charge in [0.25, 0.3) is 0 Å². The average molecular weight is 327 g/mol. The number of carbonyl (C=O) groups excluding carboxylic acids is 1. The van der Waals surface area contributed by atoms with Gasteiger partial charge in [0.1, 0.15) is 0 Å². The molecule has 2 aliphatic heterocycles. The third-order valence-electron chi connectivity index (χ3n) is 4.60. The average Bonchev–Trinajstić information content (AvgIpc) is 2.94. The number of alkyl halides is 3. The van der Waals surface area contributed by atoms with Gasteiger partial charge in [0, 0.05) is 38.8 Å². The predicted octanol–water partition coefficient (Wildman–Crippen LogP) is 2.70. The number of amides is 2. The van der Waals surface area contributed by atoms with Gasteiger partial charge in [-0.2, -0.15) is 13.2 Å². The van der Waals surface area contributed by atoms with E-state index >= 15 is 0 Å². The Hall–Kier alpha value is -1.76. The van der Waals surface area contributed by atoms with Crippen LogP contribution in [-0.2, 0) is 12.7 Å². The third-order valence-corrected chi connectivity index (χ3v) is 4.60. The molecule has 2 aliphatic rings. The molecule has 23 heavy (non-hydrogen) atoms. The largest absolute Gasteiger partial charge is 0.416 e. The summed E-state index contributed by atoms with van der Waals surface area (Å²) in [5.74, 6) is 0. The maximum Gasteiger partial charge on any atom is 0.416 e. The van der Waals surface area contributed by atoms with E-state index in [4.69, 9.17) is 0 Å². The molecule has 0 unspecified atom stereocenters. The van der Waals surface area contributed by atoms with Gasteiger partial charge in [-0.25, -0.2) is 4.79 Å². The van der Waals surface area contributed by atoms with Gasteiger partial charge in [0.05, 0.1) is 5.56 Å². The first-order valence-corrected chi connectivity index (χ1v) is 7.87. The van der Waals surface area contributed by atoms with Gasteiger partial charge in [-0.1, -0.05) is 18.2 Å². The van der Waals surface area contributed by atoms with E-state index in [9.17, 15) is 18.0 Å². The Balaban J connectivity index is 1.60. The molecule has 2 heterocycles. The summed E-state index contributed by atoms with van der Waals surface area (Å²) in [5, 5.41) is 2.79. The standard InChI is InChI=1S/C16H20F3N3O/c17-16(18,19)14-4-2-1-3-12(14)11-21-8-5-13(6-9-21)22-10-7-20-15(22)23/h1-4,13H,5-11H2,(H,20,23). The molecule has 0 aromatic heterocycles. The van der Waals surface area contributed by atoms with Crippen LogP contribution in [0, 0.1) is 0 Å². The van der Waals surface area contributed by atoms with Gasteiger partial charge < -0.3 is 10.2 Å². The molecular weight excluding hydrogens is 307 g/mol. The van der Waals surface area contributed by atoms with Crippen molar-refractivity contribution in [2.75, 3.05) is 26.2 Å². The minimum Gasteiger partial charge on any atom is -0.336 e. The van der Waals surface area contributed by atoms with Gasteiger partial charge in [-0.05, 0) is 24.5 Å². The first-order valence-electron chi connectivity index (χ1n) is 7.87. The number of likely N-dealkylation sites (tertiary alicyclic amines) is 1. The maximum absolute atomic E-state index is 13.0. The van der Waals surface area contributed by atoms with Crippen LogP contribution in [0.2, 0.25) is 0 Å². The van der Waals surface area contributed by atoms with Crippen LogP contribution in [-0.4, -0.2) is 48.1 Å². The van der Waals surface area contributed by atoms with Crippen LogP contribution in [0.1, 0.15) is 24.0 Å². The van der Waals surface area contributed by atoms with E-state index in [0.29, 0.717) is 31.7 Å². The fourth-order valence-electron chi connectivity index (χ4n) is 3.40. The number of benzene rings is 1. The van der Waals surface area contributed by atoms with Crippen molar-refractivity contribution in [3.05, 3.63) is 35.4 Å². The van der Waals surface area contributed by atoms with Gasteiger partial charge in [0.15, 0.2) is 0 Å². The number of hydrogen-bond acceptors (Lipinski definition) is 2. The van der Waals surface area contributed by atoms with Crippen molar-refractivity contribution in [2.24, 2.45) is 0 Å². The molecule has 2 saturated heterocycles. The number of piperidine rings is 1. The summed E-state index contributed by atoms with van der Waals surface area (Å²) >= 11 is 0.